The van der Waals surface area contributed by atoms with Crippen molar-refractivity contribution in [2.45, 2.75) is 26.3 Å². The van der Waals surface area contributed by atoms with Crippen LogP contribution in [0.3, 0.4) is 0 Å². The van der Waals surface area contributed by atoms with Crippen LogP contribution in [0.15, 0.2) is 53.9 Å². The summed E-state index contributed by atoms with van der Waals surface area (Å²) in [6, 6.07) is 11.1. The second-order valence-corrected chi connectivity index (χ2v) is 12.5. The zero-order valence-corrected chi connectivity index (χ0v) is 25.2. The fourth-order valence-corrected chi connectivity index (χ4v) is 6.22. The maximum absolute atomic E-state index is 11.3. The first-order valence-corrected chi connectivity index (χ1v) is 16.0. The lowest BCUT2D eigenvalue weighted by molar-refractivity contribution is -0.670. The van der Waals surface area contributed by atoms with Gasteiger partial charge in [-0.1, -0.05) is 41.5 Å². The summed E-state index contributed by atoms with van der Waals surface area (Å²) in [5.74, 6) is 0.827. The molecule has 0 radical (unpaired) electrons. The van der Waals surface area contributed by atoms with Crippen LogP contribution in [0.1, 0.15) is 24.8 Å². The molecule has 0 aliphatic carbocycles. The van der Waals surface area contributed by atoms with Crippen molar-refractivity contribution in [1.82, 2.24) is 0 Å². The Morgan fingerprint density at radius 1 is 1.15 bits per heavy atom. The van der Waals surface area contributed by atoms with E-state index in [9.17, 15) is 13.0 Å². The van der Waals surface area contributed by atoms with Gasteiger partial charge in [-0.05, 0) is 48.7 Å². The highest BCUT2D eigenvalue weighted by atomic mass is 35.5. The largest absolute Gasteiger partial charge is 0.439 e. The maximum Gasteiger partial charge on any atom is 0.264 e. The molecule has 216 valence electrons. The van der Waals surface area contributed by atoms with E-state index in [0.29, 0.717) is 61.0 Å². The molecule has 0 saturated heterocycles. The number of nitrogens with zero attached hydrogens (tertiary/aromatic N) is 2. The van der Waals surface area contributed by atoms with Gasteiger partial charge < -0.3 is 24.8 Å². The molecule has 0 atom stereocenters. The predicted molar refractivity (Wildman–Crippen MR) is 160 cm³/mol. The number of hydrogen-bond donors (Lipinski definition) is 2. The first kappa shape index (κ1) is 30.7. The van der Waals surface area contributed by atoms with Crippen molar-refractivity contribution >= 4 is 66.6 Å². The molecule has 0 unspecified atom stereocenters. The normalized spacial score (nSPS) is 14.8. The van der Waals surface area contributed by atoms with Crippen LogP contribution in [-0.2, 0) is 26.1 Å². The van der Waals surface area contributed by atoms with Crippen molar-refractivity contribution < 1.29 is 31.7 Å². The van der Waals surface area contributed by atoms with Gasteiger partial charge in [-0.15, -0.1) is 0 Å². The molecule has 1 aromatic heterocycles. The van der Waals surface area contributed by atoms with Crippen LogP contribution >= 0.6 is 34.5 Å². The van der Waals surface area contributed by atoms with E-state index in [4.69, 9.17) is 43.1 Å². The van der Waals surface area contributed by atoms with Gasteiger partial charge in [0, 0.05) is 34.8 Å². The van der Waals surface area contributed by atoms with Gasteiger partial charge >= 0.3 is 0 Å². The highest BCUT2D eigenvalue weighted by Gasteiger charge is 2.27. The Kier molecular flexibility index (Phi) is 10.8. The zero-order chi connectivity index (χ0) is 28.7. The third kappa shape index (κ3) is 8.17. The smallest absolute Gasteiger partial charge is 0.264 e. The van der Waals surface area contributed by atoms with Crippen LogP contribution in [0, 0.1) is 0 Å². The van der Waals surface area contributed by atoms with E-state index in [0.717, 1.165) is 26.5 Å². The van der Waals surface area contributed by atoms with Crippen LogP contribution in [0.2, 0.25) is 10.0 Å². The summed E-state index contributed by atoms with van der Waals surface area (Å²) >= 11 is 14.2. The van der Waals surface area contributed by atoms with Crippen molar-refractivity contribution in [3.8, 4) is 5.75 Å². The maximum atomic E-state index is 11.3. The Morgan fingerprint density at radius 3 is 2.65 bits per heavy atom. The highest BCUT2D eigenvalue weighted by Crippen LogP contribution is 2.41. The number of rotatable bonds is 14. The molecule has 13 heteroatoms. The molecule has 9 nitrogen and oxygen atoms in total. The molecular weight excluding hydrogens is 597 g/mol. The number of allylic oxidation sites excluding steroid dienone is 2. The van der Waals surface area contributed by atoms with E-state index in [1.807, 2.05) is 29.2 Å². The molecule has 1 aliphatic heterocycles. The highest BCUT2D eigenvalue weighted by molar-refractivity contribution is 7.85. The van der Waals surface area contributed by atoms with Crippen LogP contribution in [0.5, 0.6) is 5.75 Å². The lowest BCUT2D eigenvalue weighted by Gasteiger charge is -2.18. The van der Waals surface area contributed by atoms with E-state index in [1.165, 1.54) is 0 Å². The summed E-state index contributed by atoms with van der Waals surface area (Å²) in [4.78, 5) is 1.88. The molecule has 3 aromatic rings. The third-order valence-electron chi connectivity index (χ3n) is 6.14. The Bertz CT molecular complexity index is 1510. The number of hydrogen-bond acceptors (Lipinski definition) is 8. The number of benzene rings is 2. The fraction of sp³-hybridized carbons (Fsp3) is 0.370. The summed E-state index contributed by atoms with van der Waals surface area (Å²) in [7, 11) is -4.08. The molecule has 0 bridgehead atoms. The van der Waals surface area contributed by atoms with Crippen molar-refractivity contribution in [2.24, 2.45) is 5.73 Å². The Balaban J connectivity index is 1.64. The van der Waals surface area contributed by atoms with E-state index in [2.05, 4.69) is 17.6 Å². The van der Waals surface area contributed by atoms with Gasteiger partial charge in [0.25, 0.3) is 15.1 Å². The standard InChI is InChI=1S/C27H31Cl2N3O6S2/c1-2-19(14-26-31(8-3-13-40(33,34)35)22-16-20(28)4-6-24(22)38-26)15-27-32(9-10-36-11-12-37-18-30)23-17-21(29)5-7-25(23)39-27/h4-7,14-17H,2-3,8-13,18,30H2,1H3/p+1. The molecule has 1 aliphatic rings. The van der Waals surface area contributed by atoms with Gasteiger partial charge in [0.05, 0.1) is 31.4 Å². The first-order valence-electron chi connectivity index (χ1n) is 12.8. The number of fused-ring (bicyclic) bond motifs is 2. The van der Waals surface area contributed by atoms with E-state index < -0.39 is 10.1 Å². The molecule has 40 heavy (non-hydrogen) atoms. The summed E-state index contributed by atoms with van der Waals surface area (Å²) in [5.41, 5.74) is 8.11. The van der Waals surface area contributed by atoms with Crippen LogP contribution < -0.4 is 19.9 Å². The average molecular weight is 630 g/mol. The van der Waals surface area contributed by atoms with Gasteiger partial charge in [-0.3, -0.25) is 4.55 Å². The molecule has 0 saturated carbocycles. The number of aromatic nitrogens is 1. The SMILES string of the molecule is CCC(=Cc1sc2ccc(Cl)cc2[n+]1CCOCCOCN)C=C1Oc2ccc(Cl)cc2N1CCCS(=O)(=O)O. The molecule has 3 N–H and O–H groups in total. The van der Waals surface area contributed by atoms with Gasteiger partial charge in [0.1, 0.15) is 11.3 Å². The summed E-state index contributed by atoms with van der Waals surface area (Å²) in [6.07, 6.45) is 4.98. The number of anilines is 1. The summed E-state index contributed by atoms with van der Waals surface area (Å²) in [5, 5.41) is 2.21. The number of thiazole rings is 1. The van der Waals surface area contributed by atoms with E-state index in [-0.39, 0.29) is 18.9 Å². The minimum absolute atomic E-state index is 0.163. The van der Waals surface area contributed by atoms with Crippen LogP contribution in [-0.4, -0.2) is 51.8 Å². The van der Waals surface area contributed by atoms with Gasteiger partial charge in [-0.25, -0.2) is 0 Å². The second-order valence-electron chi connectivity index (χ2n) is 8.95. The van der Waals surface area contributed by atoms with E-state index >= 15 is 0 Å². The molecular formula is C27H32Cl2N3O6S2+. The van der Waals surface area contributed by atoms with Crippen molar-refractivity contribution in [3.63, 3.8) is 0 Å². The number of nitrogens with two attached hydrogens (primary N) is 1. The third-order valence-corrected chi connectivity index (χ3v) is 8.53. The molecule has 0 amide bonds. The average Bonchev–Trinajstić information content (AvgIpc) is 3.41. The van der Waals surface area contributed by atoms with Gasteiger partial charge in [0.15, 0.2) is 12.3 Å². The summed E-state index contributed by atoms with van der Waals surface area (Å²) < 4.78 is 52.1. The lowest BCUT2D eigenvalue weighted by atomic mass is 10.2. The minimum Gasteiger partial charge on any atom is -0.439 e. The predicted octanol–water partition coefficient (Wildman–Crippen LogP) is 5.26. The van der Waals surface area contributed by atoms with Crippen molar-refractivity contribution in [2.75, 3.05) is 43.7 Å². The molecule has 0 fully saturated rings. The Morgan fingerprint density at radius 2 is 1.90 bits per heavy atom. The van der Waals surface area contributed by atoms with Gasteiger partial charge in [-0.2, -0.15) is 13.0 Å². The summed E-state index contributed by atoms with van der Waals surface area (Å²) in [6.45, 7) is 4.53. The van der Waals surface area contributed by atoms with Crippen LogP contribution in [0.25, 0.3) is 16.3 Å². The zero-order valence-electron chi connectivity index (χ0n) is 22.0. The second kappa shape index (κ2) is 14.1. The molecule has 4 rings (SSSR count). The number of ether oxygens (including phenoxy) is 3. The van der Waals surface area contributed by atoms with Crippen molar-refractivity contribution in [1.29, 1.82) is 0 Å². The monoisotopic (exact) mass is 628 g/mol. The van der Waals surface area contributed by atoms with Crippen LogP contribution in [0.4, 0.5) is 5.69 Å². The first-order chi connectivity index (χ1) is 19.2. The Hall–Kier alpha value is -2.22. The molecule has 2 heterocycles. The van der Waals surface area contributed by atoms with Gasteiger partial charge in [0.2, 0.25) is 11.4 Å². The lowest BCUT2D eigenvalue weighted by Crippen LogP contribution is -2.37. The minimum atomic E-state index is -4.08. The quantitative estimate of drug-likeness (QED) is 0.108. The fourth-order valence-electron chi connectivity index (χ4n) is 4.25. The van der Waals surface area contributed by atoms with E-state index in [1.54, 1.807) is 29.5 Å². The molecule has 0 spiro atoms. The molecule has 2 aromatic carbocycles. The topological polar surface area (TPSA) is 115 Å². The number of halogens is 2. The Labute approximate surface area is 248 Å². The van der Waals surface area contributed by atoms with Crippen molar-refractivity contribution in [3.05, 3.63) is 69.0 Å².